The van der Waals surface area contributed by atoms with Crippen molar-refractivity contribution in [1.82, 2.24) is 15.1 Å². The van der Waals surface area contributed by atoms with Crippen LogP contribution >= 0.6 is 0 Å². The molecular formula is C29H34F3N3O2. The highest BCUT2D eigenvalue weighted by Crippen LogP contribution is 2.43. The Balaban J connectivity index is 1.09. The predicted octanol–water partition coefficient (Wildman–Crippen LogP) is 5.09. The second kappa shape index (κ2) is 10.5. The number of carbonyl (C=O) groups excluding carboxylic acids is 2. The number of halogens is 3. The van der Waals surface area contributed by atoms with Crippen LogP contribution in [0.4, 0.5) is 13.2 Å². The van der Waals surface area contributed by atoms with E-state index in [1.54, 1.807) is 0 Å². The second-order valence-electron chi connectivity index (χ2n) is 11.0. The third-order valence-corrected chi connectivity index (χ3v) is 8.60. The normalized spacial score (nSPS) is 26.5. The molecule has 37 heavy (non-hydrogen) atoms. The van der Waals surface area contributed by atoms with Gasteiger partial charge < -0.3 is 10.2 Å². The van der Waals surface area contributed by atoms with Crippen LogP contribution in [0.25, 0.3) is 0 Å². The summed E-state index contributed by atoms with van der Waals surface area (Å²) in [5.41, 5.74) is 0.571. The van der Waals surface area contributed by atoms with Gasteiger partial charge in [-0.1, -0.05) is 36.4 Å². The summed E-state index contributed by atoms with van der Waals surface area (Å²) in [7, 11) is 0. The molecule has 5 nitrogen and oxygen atoms in total. The minimum Gasteiger partial charge on any atom is -0.343 e. The summed E-state index contributed by atoms with van der Waals surface area (Å²) in [6, 6.07) is 15.6. The fourth-order valence-electron chi connectivity index (χ4n) is 6.47. The van der Waals surface area contributed by atoms with Gasteiger partial charge in [0.25, 0.3) is 5.91 Å². The summed E-state index contributed by atoms with van der Waals surface area (Å²) in [5.74, 6) is -0.203. The Morgan fingerprint density at radius 1 is 0.919 bits per heavy atom. The van der Waals surface area contributed by atoms with Crippen molar-refractivity contribution in [3.05, 3.63) is 71.3 Å². The molecule has 3 aliphatic rings. The van der Waals surface area contributed by atoms with E-state index in [1.807, 2.05) is 4.90 Å². The minimum atomic E-state index is -4.52. The molecule has 2 amide bonds. The number of amides is 2. The Bertz CT molecular complexity index is 1110. The van der Waals surface area contributed by atoms with Gasteiger partial charge in [0.15, 0.2) is 0 Å². The maximum atomic E-state index is 12.9. The van der Waals surface area contributed by atoms with E-state index in [-0.39, 0.29) is 23.4 Å². The van der Waals surface area contributed by atoms with Crippen LogP contribution in [-0.2, 0) is 11.0 Å². The average molecular weight is 514 g/mol. The number of nitrogens with zero attached hydrogens (tertiary/aromatic N) is 2. The maximum absolute atomic E-state index is 12.9. The molecule has 1 atom stereocenters. The number of carbonyl (C=O) groups is 2. The van der Waals surface area contributed by atoms with E-state index in [4.69, 9.17) is 0 Å². The number of benzene rings is 2. The number of rotatable bonds is 5. The molecular weight excluding hydrogens is 479 g/mol. The van der Waals surface area contributed by atoms with Gasteiger partial charge in [-0.05, 0) is 74.8 Å². The van der Waals surface area contributed by atoms with Crippen molar-refractivity contribution in [1.29, 1.82) is 0 Å². The quantitative estimate of drug-likeness (QED) is 0.606. The number of likely N-dealkylation sites (tertiary alicyclic amines) is 2. The van der Waals surface area contributed by atoms with E-state index in [0.29, 0.717) is 25.0 Å². The molecule has 2 saturated heterocycles. The molecule has 198 valence electrons. The summed E-state index contributed by atoms with van der Waals surface area (Å²) in [4.78, 5) is 29.6. The van der Waals surface area contributed by atoms with Gasteiger partial charge in [0, 0.05) is 36.7 Å². The third-order valence-electron chi connectivity index (χ3n) is 8.60. The van der Waals surface area contributed by atoms with Gasteiger partial charge in [-0.25, -0.2) is 0 Å². The number of nitrogens with one attached hydrogen (secondary N) is 1. The third kappa shape index (κ3) is 5.84. The molecule has 1 N–H and O–H groups in total. The first-order valence-electron chi connectivity index (χ1n) is 13.2. The zero-order valence-electron chi connectivity index (χ0n) is 21.0. The van der Waals surface area contributed by atoms with E-state index in [0.717, 1.165) is 38.1 Å². The molecule has 1 spiro atoms. The van der Waals surface area contributed by atoms with Crippen LogP contribution in [0.2, 0.25) is 0 Å². The number of hydrogen-bond donors (Lipinski definition) is 1. The fourth-order valence-corrected chi connectivity index (χ4v) is 6.47. The molecule has 0 bridgehead atoms. The smallest absolute Gasteiger partial charge is 0.343 e. The zero-order chi connectivity index (χ0) is 26.0. The Labute approximate surface area is 216 Å². The van der Waals surface area contributed by atoms with Crippen LogP contribution in [0.3, 0.4) is 0 Å². The van der Waals surface area contributed by atoms with Crippen molar-refractivity contribution >= 4 is 11.8 Å². The van der Waals surface area contributed by atoms with Crippen molar-refractivity contribution in [2.45, 2.75) is 56.7 Å². The van der Waals surface area contributed by atoms with Crippen molar-refractivity contribution in [2.75, 3.05) is 32.7 Å². The standard InChI is InChI=1S/C29H34F3N3O2/c30-29(31,32)24-8-4-7-23(17-24)27(37)33-18-26(36)35-16-14-28(20-35)13-15-34(19-28)25-11-9-22(10-12-25)21-5-2-1-3-6-21/h1-8,17,22,25H,9-16,18-20H2,(H,33,37). The van der Waals surface area contributed by atoms with Crippen molar-refractivity contribution in [2.24, 2.45) is 5.41 Å². The van der Waals surface area contributed by atoms with Gasteiger partial charge in [0.1, 0.15) is 0 Å². The summed E-state index contributed by atoms with van der Waals surface area (Å²) in [5, 5.41) is 2.50. The highest BCUT2D eigenvalue weighted by atomic mass is 19.4. The molecule has 2 aliphatic heterocycles. The highest BCUT2D eigenvalue weighted by Gasteiger charge is 2.46. The lowest BCUT2D eigenvalue weighted by molar-refractivity contribution is -0.137. The van der Waals surface area contributed by atoms with Crippen molar-refractivity contribution < 1.29 is 22.8 Å². The van der Waals surface area contributed by atoms with Gasteiger partial charge in [-0.3, -0.25) is 14.5 Å². The maximum Gasteiger partial charge on any atom is 0.416 e. The Morgan fingerprint density at radius 2 is 1.65 bits per heavy atom. The SMILES string of the molecule is O=C(NCC(=O)N1CCC2(CCN(C3CCC(c4ccccc4)CC3)C2)C1)c1cccc(C(F)(F)F)c1. The van der Waals surface area contributed by atoms with Crippen LogP contribution in [-0.4, -0.2) is 60.4 Å². The van der Waals surface area contributed by atoms with Crippen molar-refractivity contribution in [3.63, 3.8) is 0 Å². The topological polar surface area (TPSA) is 52.7 Å². The summed E-state index contributed by atoms with van der Waals surface area (Å²) in [6.07, 6.45) is 2.36. The lowest BCUT2D eigenvalue weighted by Crippen LogP contribution is -2.41. The van der Waals surface area contributed by atoms with E-state index in [2.05, 4.69) is 40.5 Å². The van der Waals surface area contributed by atoms with Gasteiger partial charge in [0.2, 0.25) is 5.91 Å². The Morgan fingerprint density at radius 3 is 2.38 bits per heavy atom. The minimum absolute atomic E-state index is 0.103. The molecule has 1 unspecified atom stereocenters. The van der Waals surface area contributed by atoms with Gasteiger partial charge >= 0.3 is 6.18 Å². The average Bonchev–Trinajstić information content (AvgIpc) is 3.54. The zero-order valence-corrected chi connectivity index (χ0v) is 21.0. The molecule has 2 aromatic rings. The van der Waals surface area contributed by atoms with E-state index in [9.17, 15) is 22.8 Å². The van der Waals surface area contributed by atoms with Gasteiger partial charge in [-0.15, -0.1) is 0 Å². The summed E-state index contributed by atoms with van der Waals surface area (Å²) >= 11 is 0. The van der Waals surface area contributed by atoms with Crippen LogP contribution in [0.5, 0.6) is 0 Å². The van der Waals surface area contributed by atoms with Gasteiger partial charge in [-0.2, -0.15) is 13.2 Å². The predicted molar refractivity (Wildman–Crippen MR) is 135 cm³/mol. The molecule has 1 aliphatic carbocycles. The van der Waals surface area contributed by atoms with Gasteiger partial charge in [0.05, 0.1) is 12.1 Å². The molecule has 1 saturated carbocycles. The molecule has 5 rings (SSSR count). The van der Waals surface area contributed by atoms with Crippen molar-refractivity contribution in [3.8, 4) is 0 Å². The fraction of sp³-hybridized carbons (Fsp3) is 0.517. The first-order valence-corrected chi connectivity index (χ1v) is 13.2. The molecule has 0 aromatic heterocycles. The molecule has 8 heteroatoms. The van der Waals surface area contributed by atoms with Crippen LogP contribution in [0, 0.1) is 5.41 Å². The molecule has 3 fully saturated rings. The van der Waals surface area contributed by atoms with E-state index >= 15 is 0 Å². The van der Waals surface area contributed by atoms with Crippen LogP contribution < -0.4 is 5.32 Å². The lowest BCUT2D eigenvalue weighted by Gasteiger charge is -2.36. The monoisotopic (exact) mass is 513 g/mol. The summed E-state index contributed by atoms with van der Waals surface area (Å²) < 4.78 is 38.8. The van der Waals surface area contributed by atoms with E-state index in [1.165, 1.54) is 43.4 Å². The molecule has 2 heterocycles. The van der Waals surface area contributed by atoms with Crippen LogP contribution in [0.1, 0.15) is 65.9 Å². The number of alkyl halides is 3. The highest BCUT2D eigenvalue weighted by molar-refractivity contribution is 5.96. The Kier molecular flexibility index (Phi) is 7.30. The van der Waals surface area contributed by atoms with Crippen LogP contribution in [0.15, 0.2) is 54.6 Å². The first kappa shape index (κ1) is 25.8. The first-order chi connectivity index (χ1) is 17.7. The molecule has 2 aromatic carbocycles. The largest absolute Gasteiger partial charge is 0.416 e. The van der Waals surface area contributed by atoms with E-state index < -0.39 is 17.6 Å². The molecule has 0 radical (unpaired) electrons. The lowest BCUT2D eigenvalue weighted by atomic mass is 9.81. The Hall–Kier alpha value is -2.87. The second-order valence-corrected chi connectivity index (χ2v) is 11.0. The number of hydrogen-bond acceptors (Lipinski definition) is 3. The summed E-state index contributed by atoms with van der Waals surface area (Å²) in [6.45, 7) is 3.20.